The Morgan fingerprint density at radius 1 is 1.33 bits per heavy atom. The van der Waals surface area contributed by atoms with Crippen molar-refractivity contribution in [3.05, 3.63) is 47.3 Å². The lowest BCUT2D eigenvalue weighted by atomic mass is 10.1. The number of rotatable bonds is 6. The molecular weight excluding hydrogens is 346 g/mol. The number of aryl methyl sites for hydroxylation is 1. The van der Waals surface area contributed by atoms with Crippen LogP contribution >= 0.6 is 0 Å². The molecule has 0 aliphatic carbocycles. The molecule has 8 heteroatoms. The van der Waals surface area contributed by atoms with Gasteiger partial charge in [-0.1, -0.05) is 6.07 Å². The zero-order valence-electron chi connectivity index (χ0n) is 15.1. The van der Waals surface area contributed by atoms with E-state index in [9.17, 15) is 4.79 Å². The number of morpholine rings is 1. The third kappa shape index (κ3) is 5.15. The second-order valence-electron chi connectivity index (χ2n) is 6.01. The van der Waals surface area contributed by atoms with Crippen molar-refractivity contribution in [2.75, 3.05) is 44.4 Å². The Balaban J connectivity index is 1.52. The van der Waals surface area contributed by atoms with Gasteiger partial charge < -0.3 is 19.7 Å². The molecule has 0 spiro atoms. The summed E-state index contributed by atoms with van der Waals surface area (Å²) in [7, 11) is 0. The van der Waals surface area contributed by atoms with E-state index in [1.807, 2.05) is 13.0 Å². The van der Waals surface area contributed by atoms with Crippen LogP contribution < -0.4 is 15.0 Å². The first-order valence-electron chi connectivity index (χ1n) is 8.75. The van der Waals surface area contributed by atoms with Crippen LogP contribution in [0.15, 0.2) is 30.3 Å². The van der Waals surface area contributed by atoms with Crippen molar-refractivity contribution in [3.8, 4) is 11.9 Å². The SMILES string of the molecule is Cc1nc(OCCNC(=O)c2cccc(C#N)c2)cc(N2CCOCC2)n1. The van der Waals surface area contributed by atoms with E-state index < -0.39 is 0 Å². The number of nitrogens with one attached hydrogen (secondary N) is 1. The Morgan fingerprint density at radius 3 is 2.93 bits per heavy atom. The maximum Gasteiger partial charge on any atom is 0.251 e. The fourth-order valence-electron chi connectivity index (χ4n) is 2.71. The minimum absolute atomic E-state index is 0.247. The molecule has 8 nitrogen and oxygen atoms in total. The molecule has 1 amide bonds. The summed E-state index contributed by atoms with van der Waals surface area (Å²) in [6.45, 7) is 5.35. The number of benzene rings is 1. The van der Waals surface area contributed by atoms with E-state index in [4.69, 9.17) is 14.7 Å². The zero-order chi connectivity index (χ0) is 19.1. The zero-order valence-corrected chi connectivity index (χ0v) is 15.1. The van der Waals surface area contributed by atoms with E-state index in [0.717, 1.165) is 18.9 Å². The Morgan fingerprint density at radius 2 is 2.15 bits per heavy atom. The van der Waals surface area contributed by atoms with Crippen molar-refractivity contribution in [2.24, 2.45) is 0 Å². The molecule has 0 radical (unpaired) electrons. The fraction of sp³-hybridized carbons (Fsp3) is 0.368. The predicted octanol–water partition coefficient (Wildman–Crippen LogP) is 1.30. The summed E-state index contributed by atoms with van der Waals surface area (Å²) in [4.78, 5) is 23.0. The summed E-state index contributed by atoms with van der Waals surface area (Å²) in [6.07, 6.45) is 0. The number of ether oxygens (including phenoxy) is 2. The lowest BCUT2D eigenvalue weighted by Gasteiger charge is -2.28. The fourth-order valence-corrected chi connectivity index (χ4v) is 2.71. The number of nitrogens with zero attached hydrogens (tertiary/aromatic N) is 4. The standard InChI is InChI=1S/C19H21N5O3/c1-14-22-17(24-6-9-26-10-7-24)12-18(23-14)27-8-5-21-19(25)16-4-2-3-15(11-16)13-20/h2-4,11-12H,5-10H2,1H3,(H,21,25). The second kappa shape index (κ2) is 8.96. The summed E-state index contributed by atoms with van der Waals surface area (Å²) in [5.41, 5.74) is 0.896. The monoisotopic (exact) mass is 367 g/mol. The van der Waals surface area contributed by atoms with Gasteiger partial charge in [-0.3, -0.25) is 4.79 Å². The average Bonchev–Trinajstić information content (AvgIpc) is 2.71. The van der Waals surface area contributed by atoms with Crippen molar-refractivity contribution in [1.82, 2.24) is 15.3 Å². The normalized spacial score (nSPS) is 13.7. The van der Waals surface area contributed by atoms with Crippen LogP contribution in [0.5, 0.6) is 5.88 Å². The van der Waals surface area contributed by atoms with E-state index in [1.54, 1.807) is 30.3 Å². The first kappa shape index (κ1) is 18.6. The summed E-state index contributed by atoms with van der Waals surface area (Å²) in [5, 5.41) is 11.7. The molecule has 0 atom stereocenters. The third-order valence-electron chi connectivity index (χ3n) is 4.03. The molecule has 2 aromatic rings. The van der Waals surface area contributed by atoms with E-state index >= 15 is 0 Å². The van der Waals surface area contributed by atoms with Gasteiger partial charge in [-0.05, 0) is 25.1 Å². The first-order valence-corrected chi connectivity index (χ1v) is 8.75. The largest absolute Gasteiger partial charge is 0.476 e. The van der Waals surface area contributed by atoms with Crippen LogP contribution in [0.25, 0.3) is 0 Å². The highest BCUT2D eigenvalue weighted by atomic mass is 16.5. The highest BCUT2D eigenvalue weighted by Crippen LogP contribution is 2.18. The van der Waals surface area contributed by atoms with Crippen LogP contribution in [0.2, 0.25) is 0 Å². The van der Waals surface area contributed by atoms with Gasteiger partial charge in [-0.15, -0.1) is 0 Å². The second-order valence-corrected chi connectivity index (χ2v) is 6.01. The van der Waals surface area contributed by atoms with Gasteiger partial charge in [-0.25, -0.2) is 4.98 Å². The number of hydrogen-bond acceptors (Lipinski definition) is 7. The quantitative estimate of drug-likeness (QED) is 0.768. The van der Waals surface area contributed by atoms with Crippen molar-refractivity contribution < 1.29 is 14.3 Å². The Bertz CT molecular complexity index is 843. The van der Waals surface area contributed by atoms with Gasteiger partial charge in [-0.2, -0.15) is 10.2 Å². The molecule has 1 N–H and O–H groups in total. The number of carbonyl (C=O) groups is 1. The van der Waals surface area contributed by atoms with E-state index in [0.29, 0.717) is 42.6 Å². The molecule has 1 aromatic carbocycles. The van der Waals surface area contributed by atoms with Crippen LogP contribution in [0.4, 0.5) is 5.82 Å². The first-order chi connectivity index (χ1) is 13.2. The van der Waals surface area contributed by atoms with E-state index in [2.05, 4.69) is 20.2 Å². The van der Waals surface area contributed by atoms with Gasteiger partial charge in [0.1, 0.15) is 18.2 Å². The summed E-state index contributed by atoms with van der Waals surface area (Å²) < 4.78 is 11.0. The van der Waals surface area contributed by atoms with Gasteiger partial charge in [0.05, 0.1) is 31.4 Å². The molecule has 2 heterocycles. The number of carbonyl (C=O) groups excluding carboxylic acids is 1. The number of aromatic nitrogens is 2. The van der Waals surface area contributed by atoms with Crippen LogP contribution in [-0.2, 0) is 4.74 Å². The summed E-state index contributed by atoms with van der Waals surface area (Å²) >= 11 is 0. The molecule has 1 saturated heterocycles. The number of anilines is 1. The van der Waals surface area contributed by atoms with Crippen molar-refractivity contribution in [2.45, 2.75) is 6.92 Å². The number of hydrogen-bond donors (Lipinski definition) is 1. The lowest BCUT2D eigenvalue weighted by Crippen LogP contribution is -2.37. The average molecular weight is 367 g/mol. The smallest absolute Gasteiger partial charge is 0.251 e. The Labute approximate surface area is 157 Å². The Kier molecular flexibility index (Phi) is 6.18. The lowest BCUT2D eigenvalue weighted by molar-refractivity contribution is 0.0946. The van der Waals surface area contributed by atoms with Crippen LogP contribution in [0.1, 0.15) is 21.7 Å². The maximum absolute atomic E-state index is 12.1. The van der Waals surface area contributed by atoms with Crippen LogP contribution in [-0.4, -0.2) is 55.3 Å². The van der Waals surface area contributed by atoms with Crippen LogP contribution in [0.3, 0.4) is 0 Å². The predicted molar refractivity (Wildman–Crippen MR) is 98.8 cm³/mol. The molecule has 0 unspecified atom stereocenters. The molecule has 27 heavy (non-hydrogen) atoms. The number of amides is 1. The summed E-state index contributed by atoms with van der Waals surface area (Å²) in [6, 6.07) is 10.4. The van der Waals surface area contributed by atoms with Gasteiger partial charge in [0.25, 0.3) is 5.91 Å². The van der Waals surface area contributed by atoms with E-state index in [-0.39, 0.29) is 12.5 Å². The van der Waals surface area contributed by atoms with Crippen molar-refractivity contribution >= 4 is 11.7 Å². The molecule has 1 fully saturated rings. The molecule has 1 aromatic heterocycles. The highest BCUT2D eigenvalue weighted by Gasteiger charge is 2.14. The van der Waals surface area contributed by atoms with Gasteiger partial charge in [0.2, 0.25) is 5.88 Å². The topological polar surface area (TPSA) is 100 Å². The van der Waals surface area contributed by atoms with Crippen molar-refractivity contribution in [3.63, 3.8) is 0 Å². The maximum atomic E-state index is 12.1. The van der Waals surface area contributed by atoms with Crippen molar-refractivity contribution in [1.29, 1.82) is 5.26 Å². The molecule has 0 bridgehead atoms. The molecule has 0 saturated carbocycles. The van der Waals surface area contributed by atoms with Gasteiger partial charge in [0.15, 0.2) is 0 Å². The summed E-state index contributed by atoms with van der Waals surface area (Å²) in [5.74, 6) is 1.68. The van der Waals surface area contributed by atoms with E-state index in [1.165, 1.54) is 0 Å². The van der Waals surface area contributed by atoms with Gasteiger partial charge >= 0.3 is 0 Å². The van der Waals surface area contributed by atoms with Gasteiger partial charge in [0, 0.05) is 24.7 Å². The minimum atomic E-state index is -0.247. The molecular formula is C19H21N5O3. The molecule has 140 valence electrons. The molecule has 1 aliphatic rings. The molecule has 3 rings (SSSR count). The highest BCUT2D eigenvalue weighted by molar-refractivity contribution is 5.94. The third-order valence-corrected chi connectivity index (χ3v) is 4.03. The minimum Gasteiger partial charge on any atom is -0.476 e. The van der Waals surface area contributed by atoms with Crippen LogP contribution in [0, 0.1) is 18.3 Å². The number of nitriles is 1. The molecule has 1 aliphatic heterocycles. The Hall–Kier alpha value is -3.18.